The summed E-state index contributed by atoms with van der Waals surface area (Å²) in [5.41, 5.74) is 1.96. The Kier molecular flexibility index (Phi) is 4.89. The maximum absolute atomic E-state index is 12.1. The van der Waals surface area contributed by atoms with E-state index < -0.39 is 0 Å². The van der Waals surface area contributed by atoms with E-state index in [1.165, 1.54) is 6.20 Å². The van der Waals surface area contributed by atoms with Gasteiger partial charge in [-0.05, 0) is 12.5 Å². The normalized spacial score (nSPS) is 10.2. The summed E-state index contributed by atoms with van der Waals surface area (Å²) in [5, 5.41) is 7.65. The van der Waals surface area contributed by atoms with Gasteiger partial charge in [0.05, 0.1) is 17.8 Å². The molecule has 2 aromatic heterocycles. The molecule has 2 aromatic rings. The molecule has 1 amide bonds. The van der Waals surface area contributed by atoms with Gasteiger partial charge in [0, 0.05) is 30.0 Å². The highest BCUT2D eigenvalue weighted by molar-refractivity contribution is 7.07. The van der Waals surface area contributed by atoms with E-state index in [-0.39, 0.29) is 10.8 Å². The van der Waals surface area contributed by atoms with Crippen LogP contribution in [0.25, 0.3) is 0 Å². The number of aromatic amines is 1. The topological polar surface area (TPSA) is 86.9 Å². The van der Waals surface area contributed by atoms with E-state index in [2.05, 4.69) is 27.5 Å². The summed E-state index contributed by atoms with van der Waals surface area (Å²) in [6.07, 6.45) is 4.15. The zero-order valence-electron chi connectivity index (χ0n) is 11.1. The number of amides is 1. The standard InChI is InChI=1S/C13H16N4O2S/c1-2-4-15-11-3-5-14-7-10(11)12(18)16-6-9-8-20-13(19)17-9/h3,5,7-8H,2,4,6H2,1H3,(H,14,15)(H,16,18)(H,17,19). The first-order valence-corrected chi connectivity index (χ1v) is 7.21. The maximum atomic E-state index is 12.1. The lowest BCUT2D eigenvalue weighted by atomic mass is 10.2. The fourth-order valence-electron chi connectivity index (χ4n) is 1.66. The quantitative estimate of drug-likeness (QED) is 0.754. The number of carbonyl (C=O) groups excluding carboxylic acids is 1. The monoisotopic (exact) mass is 292 g/mol. The summed E-state index contributed by atoms with van der Waals surface area (Å²) in [5.74, 6) is -0.219. The Hall–Kier alpha value is -2.15. The van der Waals surface area contributed by atoms with E-state index >= 15 is 0 Å². The molecule has 0 unspecified atom stereocenters. The van der Waals surface area contributed by atoms with Crippen molar-refractivity contribution in [1.82, 2.24) is 15.3 Å². The molecule has 106 valence electrons. The van der Waals surface area contributed by atoms with E-state index in [1.807, 2.05) is 0 Å². The molecule has 0 aliphatic rings. The Labute approximate surface area is 120 Å². The van der Waals surface area contributed by atoms with Gasteiger partial charge in [-0.3, -0.25) is 14.6 Å². The first kappa shape index (κ1) is 14.3. The molecule has 0 aliphatic heterocycles. The van der Waals surface area contributed by atoms with Crippen molar-refractivity contribution in [1.29, 1.82) is 0 Å². The molecule has 0 fully saturated rings. The number of pyridine rings is 1. The van der Waals surface area contributed by atoms with E-state index in [1.54, 1.807) is 17.6 Å². The van der Waals surface area contributed by atoms with Crippen LogP contribution in [0.4, 0.5) is 5.69 Å². The molecule has 0 bridgehead atoms. The SMILES string of the molecule is CCCNc1ccncc1C(=O)NCc1csc(=O)[nH]1. The van der Waals surface area contributed by atoms with E-state index in [0.717, 1.165) is 30.0 Å². The maximum Gasteiger partial charge on any atom is 0.304 e. The molecule has 3 N–H and O–H groups in total. The molecule has 20 heavy (non-hydrogen) atoms. The van der Waals surface area contributed by atoms with Crippen molar-refractivity contribution < 1.29 is 4.79 Å². The van der Waals surface area contributed by atoms with Gasteiger partial charge in [0.1, 0.15) is 0 Å². The van der Waals surface area contributed by atoms with Gasteiger partial charge in [0.15, 0.2) is 0 Å². The Morgan fingerprint density at radius 1 is 1.50 bits per heavy atom. The number of carbonyl (C=O) groups is 1. The van der Waals surface area contributed by atoms with E-state index in [4.69, 9.17) is 0 Å². The number of hydrogen-bond donors (Lipinski definition) is 3. The second-order valence-corrected chi connectivity index (χ2v) is 5.05. The first-order chi connectivity index (χ1) is 9.70. The number of thiazole rings is 1. The predicted octanol–water partition coefficient (Wildman–Crippen LogP) is 1.58. The number of nitrogens with one attached hydrogen (secondary N) is 3. The van der Waals surface area contributed by atoms with Crippen molar-refractivity contribution in [2.75, 3.05) is 11.9 Å². The highest BCUT2D eigenvalue weighted by Gasteiger charge is 2.11. The van der Waals surface area contributed by atoms with Crippen LogP contribution in [0.2, 0.25) is 0 Å². The minimum absolute atomic E-state index is 0.124. The van der Waals surface area contributed by atoms with Gasteiger partial charge in [-0.1, -0.05) is 18.3 Å². The third kappa shape index (κ3) is 3.67. The average molecular weight is 292 g/mol. The fraction of sp³-hybridized carbons (Fsp3) is 0.308. The van der Waals surface area contributed by atoms with Gasteiger partial charge >= 0.3 is 4.87 Å². The Bertz CT molecular complexity index is 635. The summed E-state index contributed by atoms with van der Waals surface area (Å²) in [6.45, 7) is 3.14. The zero-order valence-corrected chi connectivity index (χ0v) is 11.9. The first-order valence-electron chi connectivity index (χ1n) is 6.33. The molecule has 2 heterocycles. The fourth-order valence-corrected chi connectivity index (χ4v) is 2.24. The molecule has 0 aromatic carbocycles. The van der Waals surface area contributed by atoms with Crippen molar-refractivity contribution >= 4 is 22.9 Å². The second kappa shape index (κ2) is 6.85. The Morgan fingerprint density at radius 2 is 2.35 bits per heavy atom. The largest absolute Gasteiger partial charge is 0.384 e. The van der Waals surface area contributed by atoms with Crippen LogP contribution in [0.1, 0.15) is 29.4 Å². The predicted molar refractivity (Wildman–Crippen MR) is 79.1 cm³/mol. The number of H-pyrrole nitrogens is 1. The molecule has 7 heteroatoms. The van der Waals surface area contributed by atoms with E-state index in [0.29, 0.717) is 17.8 Å². The number of nitrogens with zero attached hydrogens (tertiary/aromatic N) is 1. The number of anilines is 1. The van der Waals surface area contributed by atoms with Crippen LogP contribution >= 0.6 is 11.3 Å². The number of hydrogen-bond acceptors (Lipinski definition) is 5. The molecule has 0 radical (unpaired) electrons. The minimum atomic E-state index is -0.219. The number of rotatable bonds is 6. The molecule has 2 rings (SSSR count). The highest BCUT2D eigenvalue weighted by Crippen LogP contribution is 2.13. The van der Waals surface area contributed by atoms with Crippen LogP contribution in [0.15, 0.2) is 28.6 Å². The lowest BCUT2D eigenvalue weighted by Crippen LogP contribution is -2.24. The van der Waals surface area contributed by atoms with Crippen LogP contribution in [0, 0.1) is 0 Å². The van der Waals surface area contributed by atoms with Crippen LogP contribution in [0.5, 0.6) is 0 Å². The second-order valence-electron chi connectivity index (χ2n) is 4.20. The van der Waals surface area contributed by atoms with Gasteiger partial charge in [-0.15, -0.1) is 0 Å². The lowest BCUT2D eigenvalue weighted by Gasteiger charge is -2.10. The number of aromatic nitrogens is 2. The van der Waals surface area contributed by atoms with Crippen LogP contribution in [-0.4, -0.2) is 22.4 Å². The summed E-state index contributed by atoms with van der Waals surface area (Å²) < 4.78 is 0. The van der Waals surface area contributed by atoms with Crippen LogP contribution in [-0.2, 0) is 6.54 Å². The van der Waals surface area contributed by atoms with Gasteiger partial charge in [-0.2, -0.15) is 0 Å². The Morgan fingerprint density at radius 3 is 3.05 bits per heavy atom. The van der Waals surface area contributed by atoms with Crippen molar-refractivity contribution in [2.24, 2.45) is 0 Å². The summed E-state index contributed by atoms with van der Waals surface area (Å²) >= 11 is 1.08. The molecule has 0 atom stereocenters. The smallest absolute Gasteiger partial charge is 0.304 e. The summed E-state index contributed by atoms with van der Waals surface area (Å²) in [7, 11) is 0. The molecule has 0 spiro atoms. The molecule has 0 aliphatic carbocycles. The Balaban J connectivity index is 2.03. The van der Waals surface area contributed by atoms with Crippen molar-refractivity contribution in [3.8, 4) is 0 Å². The minimum Gasteiger partial charge on any atom is -0.384 e. The molecular formula is C13H16N4O2S. The summed E-state index contributed by atoms with van der Waals surface area (Å²) in [6, 6.07) is 1.77. The van der Waals surface area contributed by atoms with Crippen molar-refractivity contribution in [3.63, 3.8) is 0 Å². The molecule has 0 saturated heterocycles. The van der Waals surface area contributed by atoms with Crippen molar-refractivity contribution in [3.05, 3.63) is 44.8 Å². The average Bonchev–Trinajstić information content (AvgIpc) is 2.88. The van der Waals surface area contributed by atoms with Crippen molar-refractivity contribution in [2.45, 2.75) is 19.9 Å². The van der Waals surface area contributed by atoms with Gasteiger partial charge in [0.25, 0.3) is 5.91 Å². The molecular weight excluding hydrogens is 276 g/mol. The lowest BCUT2D eigenvalue weighted by molar-refractivity contribution is 0.0951. The summed E-state index contributed by atoms with van der Waals surface area (Å²) in [4.78, 5) is 29.6. The molecule has 0 saturated carbocycles. The van der Waals surface area contributed by atoms with E-state index in [9.17, 15) is 9.59 Å². The van der Waals surface area contributed by atoms with Crippen LogP contribution in [0.3, 0.4) is 0 Å². The van der Waals surface area contributed by atoms with Gasteiger partial charge in [-0.25, -0.2) is 0 Å². The van der Waals surface area contributed by atoms with Gasteiger partial charge in [0.2, 0.25) is 0 Å². The van der Waals surface area contributed by atoms with Gasteiger partial charge < -0.3 is 15.6 Å². The van der Waals surface area contributed by atoms with Crippen LogP contribution < -0.4 is 15.5 Å². The third-order valence-electron chi connectivity index (χ3n) is 2.64. The highest BCUT2D eigenvalue weighted by atomic mass is 32.1. The zero-order chi connectivity index (χ0) is 14.4. The molecule has 6 nitrogen and oxygen atoms in total. The third-order valence-corrected chi connectivity index (χ3v) is 3.36.